The monoisotopic (exact) mass is 524 g/mol. The third kappa shape index (κ3) is 5.45. The predicted molar refractivity (Wildman–Crippen MR) is 148 cm³/mol. The Morgan fingerprint density at radius 1 is 0.692 bits per heavy atom. The summed E-state index contributed by atoms with van der Waals surface area (Å²) in [5, 5.41) is 42.0. The normalized spacial score (nSPS) is 16.6. The molecule has 0 saturated carbocycles. The molecule has 2 aliphatic rings. The van der Waals surface area contributed by atoms with E-state index >= 15 is 0 Å². The van der Waals surface area contributed by atoms with Gasteiger partial charge in [0.1, 0.15) is 0 Å². The molecule has 9 nitrogen and oxygen atoms in total. The third-order valence-corrected chi connectivity index (χ3v) is 6.69. The topological polar surface area (TPSA) is 154 Å². The highest BCUT2D eigenvalue weighted by molar-refractivity contribution is 6.00. The number of nitriles is 1. The van der Waals surface area contributed by atoms with E-state index in [1.807, 2.05) is 91.0 Å². The average molecular weight is 525 g/mol. The second-order valence-electron chi connectivity index (χ2n) is 8.92. The molecule has 2 unspecified atom stereocenters. The van der Waals surface area contributed by atoms with Crippen molar-refractivity contribution in [2.75, 3.05) is 9.80 Å². The molecule has 2 heterocycles. The molecule has 39 heavy (non-hydrogen) atoms. The molecular formula is C30H28N4O5. The van der Waals surface area contributed by atoms with Gasteiger partial charge in [-0.2, -0.15) is 5.26 Å². The maximum atomic E-state index is 11.8. The van der Waals surface area contributed by atoms with Crippen LogP contribution in [0.25, 0.3) is 0 Å². The van der Waals surface area contributed by atoms with Crippen molar-refractivity contribution in [3.05, 3.63) is 119 Å². The van der Waals surface area contributed by atoms with Crippen LogP contribution in [0.5, 0.6) is 0 Å². The van der Waals surface area contributed by atoms with Gasteiger partial charge < -0.3 is 15.9 Å². The van der Waals surface area contributed by atoms with E-state index in [9.17, 15) is 20.3 Å². The van der Waals surface area contributed by atoms with Crippen LogP contribution in [0, 0.1) is 11.5 Å². The number of anilines is 4. The van der Waals surface area contributed by atoms with Gasteiger partial charge in [-0.15, -0.1) is 0 Å². The van der Waals surface area contributed by atoms with Gasteiger partial charge in [0.25, 0.3) is 0 Å². The van der Waals surface area contributed by atoms with E-state index in [4.69, 9.17) is 16.2 Å². The number of hydrogen-bond acceptors (Lipinski definition) is 7. The number of para-hydroxylation sites is 4. The Hall–Kier alpha value is -4.72. The molecule has 4 aromatic carbocycles. The fraction of sp³-hybridized carbons (Fsp3) is 0.133. The van der Waals surface area contributed by atoms with Crippen LogP contribution < -0.4 is 15.5 Å². The number of urea groups is 1. The Bertz CT molecular complexity index is 1500. The van der Waals surface area contributed by atoms with Gasteiger partial charge in [-0.25, -0.2) is 9.69 Å². The average Bonchev–Trinajstić information content (AvgIpc) is 3.17. The van der Waals surface area contributed by atoms with Crippen molar-refractivity contribution in [1.82, 2.24) is 0 Å². The second kappa shape index (κ2) is 12.2. The summed E-state index contributed by atoms with van der Waals surface area (Å²) >= 11 is 0. The smallest absolute Gasteiger partial charge is 0.323 e. The Kier molecular flexibility index (Phi) is 8.56. The van der Waals surface area contributed by atoms with Crippen LogP contribution in [0.3, 0.4) is 0 Å². The van der Waals surface area contributed by atoms with Crippen molar-refractivity contribution in [2.45, 2.75) is 25.0 Å². The molecular weight excluding hydrogens is 496 g/mol. The molecule has 0 spiro atoms. The lowest BCUT2D eigenvalue weighted by atomic mass is 10.0. The van der Waals surface area contributed by atoms with Crippen molar-refractivity contribution in [1.29, 1.82) is 5.26 Å². The zero-order valence-corrected chi connectivity index (χ0v) is 20.9. The lowest BCUT2D eigenvalue weighted by Crippen LogP contribution is -2.32. The van der Waals surface area contributed by atoms with Gasteiger partial charge in [0.15, 0.2) is 6.19 Å². The minimum absolute atomic E-state index is 0.469. The molecule has 6 N–H and O–H groups in total. The molecule has 0 fully saturated rings. The summed E-state index contributed by atoms with van der Waals surface area (Å²) in [6.07, 6.45) is 2.00. The number of aliphatic hydroxyl groups is 2. The predicted octanol–water partition coefficient (Wildman–Crippen LogP) is 5.41. The Labute approximate surface area is 225 Å². The van der Waals surface area contributed by atoms with Crippen molar-refractivity contribution in [2.24, 2.45) is 5.73 Å². The second-order valence-corrected chi connectivity index (χ2v) is 8.92. The summed E-state index contributed by atoms with van der Waals surface area (Å²) in [5.41, 5.74) is 11.9. The van der Waals surface area contributed by atoms with Crippen molar-refractivity contribution in [3.8, 4) is 6.19 Å². The molecule has 4 aromatic rings. The van der Waals surface area contributed by atoms with E-state index in [0.717, 1.165) is 39.3 Å². The lowest BCUT2D eigenvalue weighted by Gasteiger charge is -2.22. The number of benzene rings is 4. The molecule has 0 aromatic heterocycles. The molecule has 0 aliphatic carbocycles. The van der Waals surface area contributed by atoms with Gasteiger partial charge in [0.2, 0.25) is 0 Å². The molecule has 198 valence electrons. The summed E-state index contributed by atoms with van der Waals surface area (Å²) in [5.74, 6) is 0. The first-order valence-corrected chi connectivity index (χ1v) is 12.2. The molecule has 0 saturated heterocycles. The molecule has 2 amide bonds. The highest BCUT2D eigenvalue weighted by Crippen LogP contribution is 2.40. The number of amides is 2. The van der Waals surface area contributed by atoms with Crippen LogP contribution in [-0.2, 0) is 12.8 Å². The molecule has 6 rings (SSSR count). The van der Waals surface area contributed by atoms with E-state index in [2.05, 4.69) is 6.19 Å². The largest absolute Gasteiger partial charge is 0.388 e. The minimum atomic E-state index is -0.637. The summed E-state index contributed by atoms with van der Waals surface area (Å²) in [6, 6.07) is 29.4. The van der Waals surface area contributed by atoms with Crippen molar-refractivity contribution in [3.63, 3.8) is 0 Å². The van der Waals surface area contributed by atoms with E-state index in [1.54, 1.807) is 11.0 Å². The minimum Gasteiger partial charge on any atom is -0.388 e. The van der Waals surface area contributed by atoms with Crippen molar-refractivity contribution >= 4 is 28.8 Å². The lowest BCUT2D eigenvalue weighted by molar-refractivity contribution is -0.176. The van der Waals surface area contributed by atoms with E-state index < -0.39 is 18.2 Å². The van der Waals surface area contributed by atoms with Gasteiger partial charge in [-0.05, 0) is 35.4 Å². The number of hydrogen-bond donors (Lipinski definition) is 5. The van der Waals surface area contributed by atoms with Gasteiger partial charge in [-0.1, -0.05) is 72.8 Å². The maximum absolute atomic E-state index is 11.8. The van der Waals surface area contributed by atoms with Crippen LogP contribution in [0.2, 0.25) is 0 Å². The number of fused-ring (bicyclic) bond motifs is 4. The first-order valence-electron chi connectivity index (χ1n) is 12.2. The number of rotatable bonds is 0. The maximum Gasteiger partial charge on any atom is 0.323 e. The zero-order valence-electron chi connectivity index (χ0n) is 20.9. The first kappa shape index (κ1) is 27.3. The first-order chi connectivity index (χ1) is 19.0. The quantitative estimate of drug-likeness (QED) is 0.117. The number of primary amides is 1. The third-order valence-electron chi connectivity index (χ3n) is 6.69. The Balaban J connectivity index is 0.000000170. The Morgan fingerprint density at radius 3 is 1.64 bits per heavy atom. The van der Waals surface area contributed by atoms with Crippen LogP contribution in [0.15, 0.2) is 97.1 Å². The number of aliphatic hydroxyl groups excluding tert-OH is 2. The molecule has 2 aliphatic heterocycles. The summed E-state index contributed by atoms with van der Waals surface area (Å²) in [6.45, 7) is 0. The van der Waals surface area contributed by atoms with Gasteiger partial charge in [-0.3, -0.25) is 15.4 Å². The number of carbonyl (C=O) groups is 1. The van der Waals surface area contributed by atoms with Gasteiger partial charge in [0, 0.05) is 24.0 Å². The zero-order chi connectivity index (χ0) is 27.9. The summed E-state index contributed by atoms with van der Waals surface area (Å²) in [4.78, 5) is 14.8. The van der Waals surface area contributed by atoms with E-state index in [1.165, 1.54) is 4.90 Å². The number of nitrogens with zero attached hydrogens (tertiary/aromatic N) is 3. The van der Waals surface area contributed by atoms with Crippen molar-refractivity contribution < 1.29 is 25.5 Å². The Morgan fingerprint density at radius 2 is 1.10 bits per heavy atom. The molecule has 0 bridgehead atoms. The molecule has 9 heteroatoms. The van der Waals surface area contributed by atoms with Gasteiger partial charge >= 0.3 is 6.03 Å². The van der Waals surface area contributed by atoms with Gasteiger partial charge in [0.05, 0.1) is 35.0 Å². The number of carbonyl (C=O) groups excluding carboxylic acids is 1. The number of nitrogens with two attached hydrogens (primary N) is 1. The van der Waals surface area contributed by atoms with Crippen LogP contribution in [-0.4, -0.2) is 26.8 Å². The fourth-order valence-electron chi connectivity index (χ4n) is 4.99. The van der Waals surface area contributed by atoms with Crippen LogP contribution >= 0.6 is 0 Å². The van der Waals surface area contributed by atoms with E-state index in [-0.39, 0.29) is 0 Å². The fourth-order valence-corrected chi connectivity index (χ4v) is 4.99. The van der Waals surface area contributed by atoms with Crippen LogP contribution in [0.4, 0.5) is 27.5 Å². The standard InChI is InChI=1S/C15H14N2O2.C15H12N2O.H2O2/c16-15(19)17-12-7-3-1-5-10(12)9-14(18)11-6-2-4-8-13(11)17;16-10-17-13-7-3-1-5-11(13)9-15(18)12-6-2-4-8-14(12)17;1-2/h1-8,14,18H,9H2,(H2,16,19);1-8,15,18H,9H2;1-2H. The highest BCUT2D eigenvalue weighted by Gasteiger charge is 2.28. The van der Waals surface area contributed by atoms with E-state index in [0.29, 0.717) is 18.5 Å². The SMILES string of the molecule is N#CN1c2ccccc2CC(O)c2ccccc21.NC(=O)N1c2ccccc2CC(O)c2ccccc21.OO. The highest BCUT2D eigenvalue weighted by atomic mass is 17.0. The summed E-state index contributed by atoms with van der Waals surface area (Å²) < 4.78 is 0. The van der Waals surface area contributed by atoms with Crippen LogP contribution in [0.1, 0.15) is 34.5 Å². The molecule has 0 radical (unpaired) electrons. The molecule has 2 atom stereocenters. The summed E-state index contributed by atoms with van der Waals surface area (Å²) in [7, 11) is 0.